The fraction of sp³-hybridized carbons (Fsp3) is 0.296. The molecule has 188 valence electrons. The number of carbonyl (C=O) groups is 2. The predicted molar refractivity (Wildman–Crippen MR) is 132 cm³/mol. The summed E-state index contributed by atoms with van der Waals surface area (Å²) in [7, 11) is 0. The van der Waals surface area contributed by atoms with E-state index in [-0.39, 0.29) is 11.5 Å². The van der Waals surface area contributed by atoms with Gasteiger partial charge in [-0.1, -0.05) is 13.0 Å². The lowest BCUT2D eigenvalue weighted by molar-refractivity contribution is -0.137. The second-order valence-corrected chi connectivity index (χ2v) is 8.97. The van der Waals surface area contributed by atoms with Crippen molar-refractivity contribution in [2.24, 2.45) is 5.92 Å². The average molecular weight is 497 g/mol. The maximum Gasteiger partial charge on any atom is 0.416 e. The van der Waals surface area contributed by atoms with Crippen LogP contribution in [0.4, 0.5) is 24.5 Å². The molecule has 0 unspecified atom stereocenters. The van der Waals surface area contributed by atoms with Crippen LogP contribution in [0.1, 0.15) is 51.6 Å². The molecule has 0 atom stereocenters. The van der Waals surface area contributed by atoms with Gasteiger partial charge in [-0.2, -0.15) is 13.2 Å². The van der Waals surface area contributed by atoms with Gasteiger partial charge in [0.05, 0.1) is 11.1 Å². The van der Waals surface area contributed by atoms with Crippen LogP contribution < -0.4 is 15.5 Å². The summed E-state index contributed by atoms with van der Waals surface area (Å²) < 4.78 is 38.5. The Kier molecular flexibility index (Phi) is 7.57. The molecule has 1 saturated heterocycles. The van der Waals surface area contributed by atoms with Crippen molar-refractivity contribution in [1.82, 2.24) is 10.3 Å². The van der Waals surface area contributed by atoms with Crippen LogP contribution in [0.15, 0.2) is 67.0 Å². The molecular weight excluding hydrogens is 469 g/mol. The zero-order chi connectivity index (χ0) is 25.7. The molecule has 3 aromatic rings. The molecule has 4 rings (SSSR count). The Morgan fingerprint density at radius 2 is 1.75 bits per heavy atom. The van der Waals surface area contributed by atoms with Crippen LogP contribution in [0, 0.1) is 5.92 Å². The number of amides is 2. The minimum absolute atomic E-state index is 0.0830. The molecule has 0 bridgehead atoms. The molecule has 0 saturated carbocycles. The smallest absolute Gasteiger partial charge is 0.371 e. The topological polar surface area (TPSA) is 74.3 Å². The molecule has 6 nitrogen and oxygen atoms in total. The molecule has 0 aliphatic carbocycles. The van der Waals surface area contributed by atoms with E-state index in [1.165, 1.54) is 0 Å². The number of rotatable bonds is 6. The number of piperidine rings is 1. The Labute approximate surface area is 207 Å². The highest BCUT2D eigenvalue weighted by Crippen LogP contribution is 2.30. The SMILES string of the molecule is CC1CCN(c2ccc(NC(=O)c3ccc(C(F)(F)F)cc3)cc2C(=O)NCc2cccnc2)CC1. The van der Waals surface area contributed by atoms with Crippen LogP contribution in [0.3, 0.4) is 0 Å². The number of nitrogens with one attached hydrogen (secondary N) is 2. The molecule has 1 aliphatic heterocycles. The van der Waals surface area contributed by atoms with Crippen molar-refractivity contribution in [3.63, 3.8) is 0 Å². The summed E-state index contributed by atoms with van der Waals surface area (Å²) in [4.78, 5) is 32.1. The Bertz CT molecular complexity index is 1210. The van der Waals surface area contributed by atoms with Gasteiger partial charge in [0, 0.05) is 49.0 Å². The zero-order valence-corrected chi connectivity index (χ0v) is 19.8. The Morgan fingerprint density at radius 3 is 2.39 bits per heavy atom. The number of anilines is 2. The molecule has 2 amide bonds. The normalized spacial score (nSPS) is 14.4. The van der Waals surface area contributed by atoms with E-state index in [0.717, 1.165) is 61.4 Å². The lowest BCUT2D eigenvalue weighted by atomic mass is 9.97. The van der Waals surface area contributed by atoms with Crippen LogP contribution in [-0.4, -0.2) is 29.9 Å². The molecule has 1 aromatic heterocycles. The maximum atomic E-state index is 13.2. The van der Waals surface area contributed by atoms with Crippen LogP contribution in [-0.2, 0) is 12.7 Å². The number of alkyl halides is 3. The van der Waals surface area contributed by atoms with Crippen molar-refractivity contribution in [3.8, 4) is 0 Å². The summed E-state index contributed by atoms with van der Waals surface area (Å²) in [5, 5.41) is 5.61. The third-order valence-electron chi connectivity index (χ3n) is 6.27. The van der Waals surface area contributed by atoms with Gasteiger partial charge in [0.1, 0.15) is 0 Å². The van der Waals surface area contributed by atoms with Gasteiger partial charge in [0.15, 0.2) is 0 Å². The first-order chi connectivity index (χ1) is 17.2. The Balaban J connectivity index is 1.55. The second kappa shape index (κ2) is 10.8. The van der Waals surface area contributed by atoms with Gasteiger partial charge in [-0.15, -0.1) is 0 Å². The summed E-state index contributed by atoms with van der Waals surface area (Å²) in [5.74, 6) is -0.241. The fourth-order valence-electron chi connectivity index (χ4n) is 4.12. The number of pyridine rings is 1. The van der Waals surface area contributed by atoms with E-state index in [0.29, 0.717) is 23.7 Å². The summed E-state index contributed by atoms with van der Waals surface area (Å²) in [6, 6.07) is 12.8. The maximum absolute atomic E-state index is 13.2. The lowest BCUT2D eigenvalue weighted by Crippen LogP contribution is -2.35. The van der Waals surface area contributed by atoms with Crippen molar-refractivity contribution in [2.75, 3.05) is 23.3 Å². The largest absolute Gasteiger partial charge is 0.416 e. The summed E-state index contributed by atoms with van der Waals surface area (Å²) in [6.07, 6.45) is 0.888. The highest BCUT2D eigenvalue weighted by atomic mass is 19.4. The molecule has 36 heavy (non-hydrogen) atoms. The van der Waals surface area contributed by atoms with E-state index in [9.17, 15) is 22.8 Å². The van der Waals surface area contributed by atoms with Crippen molar-refractivity contribution >= 4 is 23.2 Å². The van der Waals surface area contributed by atoms with Gasteiger partial charge in [0.2, 0.25) is 0 Å². The van der Waals surface area contributed by atoms with E-state index in [4.69, 9.17) is 0 Å². The first-order valence-corrected chi connectivity index (χ1v) is 11.8. The molecule has 1 aliphatic rings. The number of hydrogen-bond donors (Lipinski definition) is 2. The van der Waals surface area contributed by atoms with E-state index in [2.05, 4.69) is 27.4 Å². The first-order valence-electron chi connectivity index (χ1n) is 11.8. The van der Waals surface area contributed by atoms with Crippen molar-refractivity contribution in [1.29, 1.82) is 0 Å². The number of nitrogens with zero attached hydrogens (tertiary/aromatic N) is 2. The van der Waals surface area contributed by atoms with Crippen LogP contribution in [0.2, 0.25) is 0 Å². The van der Waals surface area contributed by atoms with Gasteiger partial charge in [-0.25, -0.2) is 0 Å². The minimum atomic E-state index is -4.48. The molecule has 9 heteroatoms. The Hall–Kier alpha value is -3.88. The summed E-state index contributed by atoms with van der Waals surface area (Å²) in [5.41, 5.74) is 1.68. The predicted octanol–water partition coefficient (Wildman–Crippen LogP) is 5.52. The Morgan fingerprint density at radius 1 is 1.03 bits per heavy atom. The number of hydrogen-bond acceptors (Lipinski definition) is 4. The first kappa shape index (κ1) is 25.2. The van der Waals surface area contributed by atoms with E-state index >= 15 is 0 Å². The highest BCUT2D eigenvalue weighted by molar-refractivity contribution is 6.06. The number of carbonyl (C=O) groups excluding carboxylic acids is 2. The standard InChI is InChI=1S/C27H27F3N4O2/c1-18-10-13-34(14-11-18)24-9-8-22(15-23(24)26(36)32-17-19-3-2-12-31-16-19)33-25(35)20-4-6-21(7-5-20)27(28,29)30/h2-9,12,15-16,18H,10-11,13-14,17H2,1H3,(H,32,36)(H,33,35). The molecule has 0 radical (unpaired) electrons. The van der Waals surface area contributed by atoms with Gasteiger partial charge in [-0.3, -0.25) is 14.6 Å². The number of halogens is 3. The molecule has 0 spiro atoms. The van der Waals surface area contributed by atoms with E-state index in [1.54, 1.807) is 36.7 Å². The zero-order valence-electron chi connectivity index (χ0n) is 19.8. The van der Waals surface area contributed by atoms with Gasteiger partial charge in [-0.05, 0) is 72.9 Å². The van der Waals surface area contributed by atoms with Crippen molar-refractivity contribution < 1.29 is 22.8 Å². The highest BCUT2D eigenvalue weighted by Gasteiger charge is 2.30. The molecule has 2 heterocycles. The summed E-state index contributed by atoms with van der Waals surface area (Å²) in [6.45, 7) is 4.15. The van der Waals surface area contributed by atoms with Crippen LogP contribution >= 0.6 is 0 Å². The van der Waals surface area contributed by atoms with Crippen molar-refractivity contribution in [2.45, 2.75) is 32.5 Å². The molecular formula is C27H27F3N4O2. The fourth-order valence-corrected chi connectivity index (χ4v) is 4.12. The number of benzene rings is 2. The van der Waals surface area contributed by atoms with Crippen molar-refractivity contribution in [3.05, 3.63) is 89.2 Å². The van der Waals surface area contributed by atoms with E-state index < -0.39 is 17.6 Å². The molecule has 2 N–H and O–H groups in total. The van der Waals surface area contributed by atoms with Gasteiger partial charge < -0.3 is 15.5 Å². The van der Waals surface area contributed by atoms with Crippen LogP contribution in [0.25, 0.3) is 0 Å². The third kappa shape index (κ3) is 6.21. The van der Waals surface area contributed by atoms with Crippen LogP contribution in [0.5, 0.6) is 0 Å². The average Bonchev–Trinajstić information content (AvgIpc) is 2.88. The van der Waals surface area contributed by atoms with E-state index in [1.807, 2.05) is 6.07 Å². The summed E-state index contributed by atoms with van der Waals surface area (Å²) >= 11 is 0. The quantitative estimate of drug-likeness (QED) is 0.471. The lowest BCUT2D eigenvalue weighted by Gasteiger charge is -2.33. The molecule has 1 fully saturated rings. The van der Waals surface area contributed by atoms with Gasteiger partial charge in [0.25, 0.3) is 11.8 Å². The third-order valence-corrected chi connectivity index (χ3v) is 6.27. The van der Waals surface area contributed by atoms with Gasteiger partial charge >= 0.3 is 6.18 Å². The monoisotopic (exact) mass is 496 g/mol. The number of aromatic nitrogens is 1. The second-order valence-electron chi connectivity index (χ2n) is 8.97. The minimum Gasteiger partial charge on any atom is -0.371 e. The molecule has 2 aromatic carbocycles.